The smallest absolute Gasteiger partial charge is 0.356 e. The predicted octanol–water partition coefficient (Wildman–Crippen LogP) is 1.73. The van der Waals surface area contributed by atoms with E-state index in [1.54, 1.807) is 12.1 Å². The molecule has 6 nitrogen and oxygen atoms in total. The standard InChI is InChI=1S/C16H17N3O3/c20-9-4-8-17-16-18-12-5-1-2-6-13(12)19(16)11-14(21)15-7-3-10-22-15/h1-3,5-7,10,20H,4,8-9,11H2,(H,17,18)/p+1. The van der Waals surface area contributed by atoms with Crippen LogP contribution in [0.3, 0.4) is 0 Å². The lowest BCUT2D eigenvalue weighted by atomic mass is 10.3. The van der Waals surface area contributed by atoms with Crippen molar-refractivity contribution in [1.29, 1.82) is 0 Å². The Labute approximate surface area is 127 Å². The summed E-state index contributed by atoms with van der Waals surface area (Å²) < 4.78 is 7.05. The lowest BCUT2D eigenvalue weighted by Crippen LogP contribution is -2.40. The topological polar surface area (TPSA) is 82.1 Å². The Hall–Kier alpha value is -2.60. The summed E-state index contributed by atoms with van der Waals surface area (Å²) in [4.78, 5) is 15.6. The maximum Gasteiger partial charge on any atom is 0.356 e. The Morgan fingerprint density at radius 2 is 2.14 bits per heavy atom. The lowest BCUT2D eigenvalue weighted by molar-refractivity contribution is -0.642. The van der Waals surface area contributed by atoms with E-state index < -0.39 is 0 Å². The van der Waals surface area contributed by atoms with Crippen LogP contribution in [0.5, 0.6) is 0 Å². The van der Waals surface area contributed by atoms with Gasteiger partial charge in [-0.15, -0.1) is 0 Å². The van der Waals surface area contributed by atoms with Gasteiger partial charge in [0, 0.05) is 13.0 Å². The number of nitrogens with one attached hydrogen (secondary N) is 2. The maximum absolute atomic E-state index is 12.3. The average Bonchev–Trinajstić information content (AvgIpc) is 3.16. The molecule has 0 aliphatic carbocycles. The van der Waals surface area contributed by atoms with Gasteiger partial charge in [0.1, 0.15) is 17.6 Å². The Bertz CT molecular complexity index is 762. The zero-order chi connectivity index (χ0) is 15.4. The number of ketones is 1. The number of carbonyl (C=O) groups excluding carboxylic acids is 1. The molecule has 2 heterocycles. The van der Waals surface area contributed by atoms with Gasteiger partial charge in [-0.3, -0.25) is 10.1 Å². The van der Waals surface area contributed by atoms with Crippen molar-refractivity contribution in [2.24, 2.45) is 0 Å². The van der Waals surface area contributed by atoms with Gasteiger partial charge in [0.25, 0.3) is 0 Å². The number of carbonyl (C=O) groups is 1. The largest absolute Gasteiger partial charge is 0.461 e. The molecule has 3 N–H and O–H groups in total. The fraction of sp³-hybridized carbons (Fsp3) is 0.250. The number of aliphatic hydroxyl groups excluding tert-OH is 1. The first kappa shape index (κ1) is 14.3. The summed E-state index contributed by atoms with van der Waals surface area (Å²) in [5.41, 5.74) is 1.88. The van der Waals surface area contributed by atoms with Crippen molar-refractivity contribution >= 4 is 22.8 Å². The predicted molar refractivity (Wildman–Crippen MR) is 81.7 cm³/mol. The number of nitrogens with zero attached hydrogens (tertiary/aromatic N) is 1. The Kier molecular flexibility index (Phi) is 4.20. The van der Waals surface area contributed by atoms with Crippen molar-refractivity contribution in [2.75, 3.05) is 18.5 Å². The summed E-state index contributed by atoms with van der Waals surface area (Å²) in [6.45, 7) is 0.926. The molecule has 22 heavy (non-hydrogen) atoms. The first-order valence-electron chi connectivity index (χ1n) is 7.21. The maximum atomic E-state index is 12.3. The number of para-hydroxylation sites is 2. The third kappa shape index (κ3) is 2.87. The van der Waals surface area contributed by atoms with Crippen LogP contribution in [-0.4, -0.2) is 29.0 Å². The van der Waals surface area contributed by atoms with E-state index in [9.17, 15) is 4.79 Å². The van der Waals surface area contributed by atoms with Crippen molar-refractivity contribution in [3.05, 3.63) is 48.4 Å². The van der Waals surface area contributed by atoms with E-state index in [-0.39, 0.29) is 18.9 Å². The monoisotopic (exact) mass is 300 g/mol. The van der Waals surface area contributed by atoms with Gasteiger partial charge in [-0.1, -0.05) is 12.1 Å². The Balaban J connectivity index is 1.91. The minimum Gasteiger partial charge on any atom is -0.461 e. The summed E-state index contributed by atoms with van der Waals surface area (Å²) in [5.74, 6) is 0.999. The van der Waals surface area contributed by atoms with Crippen LogP contribution in [0.25, 0.3) is 11.0 Å². The summed E-state index contributed by atoms with van der Waals surface area (Å²) in [5, 5.41) is 12.1. The van der Waals surface area contributed by atoms with Crippen molar-refractivity contribution in [3.8, 4) is 0 Å². The zero-order valence-electron chi connectivity index (χ0n) is 12.1. The second-order valence-electron chi connectivity index (χ2n) is 4.98. The van der Waals surface area contributed by atoms with Crippen molar-refractivity contribution in [3.63, 3.8) is 0 Å². The van der Waals surface area contributed by atoms with Gasteiger partial charge in [-0.05, 0) is 24.3 Å². The molecule has 0 aliphatic heterocycles. The van der Waals surface area contributed by atoms with Crippen LogP contribution < -0.4 is 9.88 Å². The fourth-order valence-electron chi connectivity index (χ4n) is 2.38. The number of rotatable bonds is 7. The highest BCUT2D eigenvalue weighted by Crippen LogP contribution is 2.13. The lowest BCUT2D eigenvalue weighted by Gasteiger charge is -2.02. The molecule has 114 valence electrons. The number of H-pyrrole nitrogens is 1. The van der Waals surface area contributed by atoms with Gasteiger partial charge in [-0.25, -0.2) is 9.55 Å². The normalized spacial score (nSPS) is 11.0. The van der Waals surface area contributed by atoms with Crippen molar-refractivity contribution in [1.82, 2.24) is 4.98 Å². The number of hydrogen-bond donors (Lipinski definition) is 3. The van der Waals surface area contributed by atoms with Crippen LogP contribution >= 0.6 is 0 Å². The summed E-state index contributed by atoms with van der Waals surface area (Å²) >= 11 is 0. The number of fused-ring (bicyclic) bond motifs is 1. The molecule has 1 aromatic carbocycles. The molecule has 0 spiro atoms. The van der Waals surface area contributed by atoms with Gasteiger partial charge < -0.3 is 9.52 Å². The van der Waals surface area contributed by atoms with Crippen LogP contribution in [-0.2, 0) is 6.54 Å². The summed E-state index contributed by atoms with van der Waals surface area (Å²) in [6, 6.07) is 11.2. The molecule has 0 fully saturated rings. The second kappa shape index (κ2) is 6.44. The van der Waals surface area contributed by atoms with E-state index in [1.807, 2.05) is 28.8 Å². The highest BCUT2D eigenvalue weighted by atomic mass is 16.3. The van der Waals surface area contributed by atoms with E-state index in [4.69, 9.17) is 9.52 Å². The van der Waals surface area contributed by atoms with E-state index >= 15 is 0 Å². The quantitative estimate of drug-likeness (QED) is 0.352. The van der Waals surface area contributed by atoms with Crippen molar-refractivity contribution in [2.45, 2.75) is 13.0 Å². The number of aromatic amines is 1. The molecular weight excluding hydrogens is 282 g/mol. The molecule has 3 aromatic rings. The molecule has 0 aliphatic rings. The molecule has 0 atom stereocenters. The minimum atomic E-state index is -0.0926. The van der Waals surface area contributed by atoms with Gasteiger partial charge in [0.05, 0.1) is 12.8 Å². The number of aromatic nitrogens is 2. The average molecular weight is 300 g/mol. The Morgan fingerprint density at radius 3 is 2.91 bits per heavy atom. The molecule has 0 saturated carbocycles. The Morgan fingerprint density at radius 1 is 1.27 bits per heavy atom. The molecule has 0 radical (unpaired) electrons. The molecule has 0 saturated heterocycles. The highest BCUT2D eigenvalue weighted by molar-refractivity contribution is 5.92. The number of aliphatic hydroxyl groups is 1. The van der Waals surface area contributed by atoms with Crippen LogP contribution in [0, 0.1) is 0 Å². The van der Waals surface area contributed by atoms with Gasteiger partial charge in [0.2, 0.25) is 5.78 Å². The van der Waals surface area contributed by atoms with E-state index in [0.717, 1.165) is 17.0 Å². The van der Waals surface area contributed by atoms with Gasteiger partial charge >= 0.3 is 5.95 Å². The first-order valence-corrected chi connectivity index (χ1v) is 7.21. The third-order valence-electron chi connectivity index (χ3n) is 3.44. The van der Waals surface area contributed by atoms with Crippen LogP contribution in [0.15, 0.2) is 47.1 Å². The summed E-state index contributed by atoms with van der Waals surface area (Å²) in [6.07, 6.45) is 2.13. The third-order valence-corrected chi connectivity index (χ3v) is 3.44. The molecule has 0 amide bonds. The van der Waals surface area contributed by atoms with Crippen LogP contribution in [0.2, 0.25) is 0 Å². The molecule has 6 heteroatoms. The second-order valence-corrected chi connectivity index (χ2v) is 4.98. The first-order chi connectivity index (χ1) is 10.8. The fourth-order valence-corrected chi connectivity index (χ4v) is 2.38. The molecule has 2 aromatic heterocycles. The number of benzene rings is 1. The van der Waals surface area contributed by atoms with Crippen LogP contribution in [0.4, 0.5) is 5.95 Å². The number of Topliss-reactive ketones (excluding diaryl/α,β-unsaturated/α-hetero) is 1. The van der Waals surface area contributed by atoms with Gasteiger partial charge in [-0.2, -0.15) is 0 Å². The SMILES string of the molecule is O=C(C[n+]1c(NCCCO)[nH]c2ccccc21)c1ccco1. The number of furan rings is 1. The zero-order valence-corrected chi connectivity index (χ0v) is 12.1. The molecular formula is C16H18N3O3+. The number of anilines is 1. The van der Waals surface area contributed by atoms with E-state index in [0.29, 0.717) is 18.7 Å². The summed E-state index contributed by atoms with van der Waals surface area (Å²) in [7, 11) is 0. The van der Waals surface area contributed by atoms with Crippen molar-refractivity contribution < 1.29 is 18.9 Å². The van der Waals surface area contributed by atoms with E-state index in [1.165, 1.54) is 6.26 Å². The molecule has 3 rings (SSSR count). The van der Waals surface area contributed by atoms with Crippen LogP contribution in [0.1, 0.15) is 17.0 Å². The molecule has 0 bridgehead atoms. The molecule has 0 unspecified atom stereocenters. The van der Waals surface area contributed by atoms with E-state index in [2.05, 4.69) is 10.3 Å². The van der Waals surface area contributed by atoms with Gasteiger partial charge in [0.15, 0.2) is 5.76 Å². The minimum absolute atomic E-state index is 0.0926. The highest BCUT2D eigenvalue weighted by Gasteiger charge is 2.21. The number of hydrogen-bond acceptors (Lipinski definition) is 4. The number of imidazole rings is 1.